The maximum Gasteiger partial charge on any atom is 0.407 e. The number of ether oxygens (including phenoxy) is 2. The number of benzene rings is 2. The largest absolute Gasteiger partial charge is 0.496 e. The SMILES string of the molecule is CC[C@@H]1C[C@]1(NC(=O)[C@@H]1C[C@@H]2CN1C(=O)[C@H](C(C)(C)C)NC(=O)OCCCCCCc1cc(ccc1OC)-c1nn2nc1-c1ccccc1)C(=O)NS(=O)(=O)C1CC1. The molecule has 2 saturated carbocycles. The minimum Gasteiger partial charge on any atom is -0.496 e. The Morgan fingerprint density at radius 2 is 1.71 bits per heavy atom. The molecule has 15 nitrogen and oxygen atoms in total. The molecule has 1 saturated heterocycles. The number of aromatic nitrogens is 3. The number of hydrogen-bond acceptors (Lipinski definition) is 10. The second-order valence-corrected chi connectivity index (χ2v) is 19.2. The van der Waals surface area contributed by atoms with Crippen LogP contribution in [0.1, 0.15) is 97.1 Å². The number of fused-ring (bicyclic) bond motifs is 8. The van der Waals surface area contributed by atoms with Gasteiger partial charge < -0.3 is 25.0 Å². The van der Waals surface area contributed by atoms with Gasteiger partial charge in [-0.05, 0) is 73.6 Å². The molecule has 16 heteroatoms. The van der Waals surface area contributed by atoms with Gasteiger partial charge in [-0.3, -0.25) is 19.1 Å². The van der Waals surface area contributed by atoms with E-state index in [0.717, 1.165) is 48.1 Å². The molecule has 4 aliphatic rings. The number of carbonyl (C=O) groups is 4. The van der Waals surface area contributed by atoms with Crippen LogP contribution < -0.4 is 20.1 Å². The van der Waals surface area contributed by atoms with Crippen molar-refractivity contribution in [1.29, 1.82) is 0 Å². The third-order valence-electron chi connectivity index (χ3n) is 11.9. The topological polar surface area (TPSA) is 191 Å². The van der Waals surface area contributed by atoms with Gasteiger partial charge in [0.1, 0.15) is 34.8 Å². The fourth-order valence-corrected chi connectivity index (χ4v) is 9.63. The van der Waals surface area contributed by atoms with E-state index in [0.29, 0.717) is 37.1 Å². The molecule has 5 atom stereocenters. The van der Waals surface area contributed by atoms with Crippen LogP contribution in [0.25, 0.3) is 22.5 Å². The maximum atomic E-state index is 14.8. The van der Waals surface area contributed by atoms with E-state index in [4.69, 9.17) is 19.7 Å². The average molecular weight is 818 g/mol. The van der Waals surface area contributed by atoms with Gasteiger partial charge in [-0.25, -0.2) is 13.2 Å². The molecule has 2 aliphatic carbocycles. The van der Waals surface area contributed by atoms with Gasteiger partial charge in [-0.15, -0.1) is 0 Å². The number of carbonyl (C=O) groups excluding carboxylic acids is 4. The first-order valence-electron chi connectivity index (χ1n) is 20.5. The van der Waals surface area contributed by atoms with Crippen molar-refractivity contribution < 1.29 is 37.1 Å². The van der Waals surface area contributed by atoms with E-state index in [1.807, 2.05) is 70.2 Å². The summed E-state index contributed by atoms with van der Waals surface area (Å²) in [7, 11) is -2.23. The Morgan fingerprint density at radius 1 is 1.00 bits per heavy atom. The number of cyclic esters (lactones) is 1. The van der Waals surface area contributed by atoms with Crippen LogP contribution in [-0.4, -0.2) is 95.3 Å². The van der Waals surface area contributed by atoms with Gasteiger partial charge in [0.15, 0.2) is 0 Å². The van der Waals surface area contributed by atoms with Crippen molar-refractivity contribution in [2.24, 2.45) is 11.3 Å². The molecule has 1 aromatic heterocycles. The highest BCUT2D eigenvalue weighted by atomic mass is 32.2. The molecule has 3 heterocycles. The first-order chi connectivity index (χ1) is 27.6. The van der Waals surface area contributed by atoms with Gasteiger partial charge in [0, 0.05) is 24.1 Å². The fraction of sp³-hybridized carbons (Fsp3) is 0.571. The fourth-order valence-electron chi connectivity index (χ4n) is 8.27. The Balaban J connectivity index is 1.28. The van der Waals surface area contributed by atoms with Crippen molar-refractivity contribution in [1.82, 2.24) is 35.2 Å². The highest BCUT2D eigenvalue weighted by Crippen LogP contribution is 2.47. The Bertz CT molecular complexity index is 2150. The van der Waals surface area contributed by atoms with Crippen LogP contribution in [0.5, 0.6) is 5.75 Å². The highest BCUT2D eigenvalue weighted by molar-refractivity contribution is 7.91. The van der Waals surface area contributed by atoms with Crippen molar-refractivity contribution in [2.45, 2.75) is 121 Å². The van der Waals surface area contributed by atoms with E-state index >= 15 is 0 Å². The molecule has 0 spiro atoms. The zero-order valence-electron chi connectivity index (χ0n) is 34.0. The maximum absolute atomic E-state index is 14.8. The number of alkyl carbamates (subject to hydrolysis) is 1. The van der Waals surface area contributed by atoms with Crippen LogP contribution in [0.4, 0.5) is 4.79 Å². The van der Waals surface area contributed by atoms with E-state index in [9.17, 15) is 27.6 Å². The molecule has 6 bridgehead atoms. The van der Waals surface area contributed by atoms with Gasteiger partial charge in [-0.2, -0.15) is 15.0 Å². The third-order valence-corrected chi connectivity index (χ3v) is 13.7. The lowest BCUT2D eigenvalue weighted by molar-refractivity contribution is -0.142. The summed E-state index contributed by atoms with van der Waals surface area (Å²) in [5.74, 6) is -1.40. The van der Waals surface area contributed by atoms with Crippen LogP contribution in [-0.2, 0) is 35.6 Å². The van der Waals surface area contributed by atoms with Crippen LogP contribution in [0.15, 0.2) is 48.5 Å². The Labute approximate surface area is 340 Å². The highest BCUT2D eigenvalue weighted by Gasteiger charge is 2.62. The lowest BCUT2D eigenvalue weighted by atomic mass is 9.85. The quantitative estimate of drug-likeness (QED) is 0.282. The predicted octanol–water partition coefficient (Wildman–Crippen LogP) is 4.91. The summed E-state index contributed by atoms with van der Waals surface area (Å²) in [6, 6.07) is 12.9. The molecule has 0 radical (unpaired) electrons. The second kappa shape index (κ2) is 16.3. The number of amides is 4. The van der Waals surface area contributed by atoms with Gasteiger partial charge in [0.2, 0.25) is 21.8 Å². The molecular weight excluding hydrogens is 763 g/mol. The zero-order valence-corrected chi connectivity index (χ0v) is 34.8. The average Bonchev–Trinajstić information content (AvgIpc) is 4.08. The van der Waals surface area contributed by atoms with Crippen molar-refractivity contribution in [2.75, 3.05) is 20.3 Å². The summed E-state index contributed by atoms with van der Waals surface area (Å²) >= 11 is 0. The van der Waals surface area contributed by atoms with Gasteiger partial charge in [-0.1, -0.05) is 77.3 Å². The van der Waals surface area contributed by atoms with E-state index in [2.05, 4.69) is 21.4 Å². The van der Waals surface area contributed by atoms with Crippen molar-refractivity contribution >= 4 is 33.8 Å². The number of methoxy groups -OCH3 is 1. The number of aryl methyl sites for hydroxylation is 1. The molecule has 58 heavy (non-hydrogen) atoms. The van der Waals surface area contributed by atoms with Crippen molar-refractivity contribution in [3.63, 3.8) is 0 Å². The predicted molar refractivity (Wildman–Crippen MR) is 216 cm³/mol. The summed E-state index contributed by atoms with van der Waals surface area (Å²) in [4.78, 5) is 59.2. The second-order valence-electron chi connectivity index (χ2n) is 17.2. The number of nitrogens with zero attached hydrogens (tertiary/aromatic N) is 4. The molecule has 0 unspecified atom stereocenters. The first-order valence-corrected chi connectivity index (χ1v) is 22.0. The molecular formula is C42H55N7O8S. The van der Waals surface area contributed by atoms with Crippen LogP contribution in [0, 0.1) is 11.3 Å². The molecule has 3 aromatic rings. The molecule has 2 aliphatic heterocycles. The number of rotatable bonds is 8. The van der Waals surface area contributed by atoms with Crippen molar-refractivity contribution in [3.8, 4) is 28.3 Å². The standard InChI is InChI=1S/C42H55N7O8S/c1-6-29-24-42(29,39(52)47-58(54,55)31-18-19-31)44-37(50)32-23-30-25-48(32)38(51)36(41(2,3)4)43-40(53)57-21-13-8-7-10-16-27-22-28(17-20-33(27)56-5)35-34(45-49(30)46-35)26-14-11-9-12-15-26/h9,11-12,14-15,17,20,22,29-32,36H,6-8,10,13,16,18-19,21,23-25H2,1-5H3,(H,43,53)(H,44,50)(H,47,52)/t29-,30-,32+,36-,42-/m1/s1. The van der Waals surface area contributed by atoms with Gasteiger partial charge >= 0.3 is 6.09 Å². The summed E-state index contributed by atoms with van der Waals surface area (Å²) in [5.41, 5.74) is 1.72. The molecule has 4 amide bonds. The molecule has 2 aromatic carbocycles. The van der Waals surface area contributed by atoms with Crippen LogP contribution >= 0.6 is 0 Å². The van der Waals surface area contributed by atoms with Gasteiger partial charge in [0.05, 0.1) is 25.0 Å². The smallest absolute Gasteiger partial charge is 0.407 e. The minimum absolute atomic E-state index is 0.0168. The molecule has 3 N–H and O–H groups in total. The van der Waals surface area contributed by atoms with Crippen molar-refractivity contribution in [3.05, 3.63) is 54.1 Å². The van der Waals surface area contributed by atoms with Crippen LogP contribution in [0.3, 0.4) is 0 Å². The number of nitrogens with one attached hydrogen (secondary N) is 3. The first kappa shape index (κ1) is 41.2. The van der Waals surface area contributed by atoms with Gasteiger partial charge in [0.25, 0.3) is 5.91 Å². The summed E-state index contributed by atoms with van der Waals surface area (Å²) in [6.07, 6.45) is 5.15. The lowest BCUT2D eigenvalue weighted by Crippen LogP contribution is -2.60. The van der Waals surface area contributed by atoms with Crippen LogP contribution in [0.2, 0.25) is 0 Å². The third kappa shape index (κ3) is 8.57. The van der Waals surface area contributed by atoms with E-state index < -0.39 is 68.2 Å². The van der Waals surface area contributed by atoms with E-state index in [-0.39, 0.29) is 31.9 Å². The van der Waals surface area contributed by atoms with E-state index in [1.54, 1.807) is 11.9 Å². The Morgan fingerprint density at radius 3 is 2.36 bits per heavy atom. The number of sulfonamides is 1. The number of hydrogen-bond donors (Lipinski definition) is 3. The Hall–Kier alpha value is -4.99. The normalized spacial score (nSPS) is 25.6. The Kier molecular flexibility index (Phi) is 11.6. The molecule has 7 rings (SSSR count). The molecule has 312 valence electrons. The lowest BCUT2D eigenvalue weighted by Gasteiger charge is -2.35. The minimum atomic E-state index is -3.88. The monoisotopic (exact) mass is 817 g/mol. The zero-order chi connectivity index (χ0) is 41.4. The van der Waals surface area contributed by atoms with E-state index in [1.165, 1.54) is 4.90 Å². The molecule has 3 fully saturated rings. The summed E-state index contributed by atoms with van der Waals surface area (Å²) in [6.45, 7) is 7.54. The summed E-state index contributed by atoms with van der Waals surface area (Å²) in [5, 5.41) is 15.2. The summed E-state index contributed by atoms with van der Waals surface area (Å²) < 4.78 is 39.2.